The van der Waals surface area contributed by atoms with Crippen molar-refractivity contribution in [3.8, 4) is 0 Å². The molecule has 106 valence electrons. The van der Waals surface area contributed by atoms with E-state index in [0.717, 1.165) is 31.6 Å². The molecular formula is C14H23N3O2. The van der Waals surface area contributed by atoms with Crippen LogP contribution in [0.15, 0.2) is 0 Å². The number of aryl methyl sites for hydroxylation is 1. The molecule has 0 unspecified atom stereocenters. The molecule has 0 radical (unpaired) electrons. The summed E-state index contributed by atoms with van der Waals surface area (Å²) < 4.78 is 0. The summed E-state index contributed by atoms with van der Waals surface area (Å²) in [6.45, 7) is 11.2. The van der Waals surface area contributed by atoms with Gasteiger partial charge < -0.3 is 15.2 Å². The van der Waals surface area contributed by atoms with Gasteiger partial charge in [-0.3, -0.25) is 9.59 Å². The summed E-state index contributed by atoms with van der Waals surface area (Å²) in [6.07, 6.45) is 0.745. The first-order valence-electron chi connectivity index (χ1n) is 6.69. The zero-order chi connectivity index (χ0) is 14.4. The Morgan fingerprint density at radius 2 is 1.95 bits per heavy atom. The van der Waals surface area contributed by atoms with Crippen molar-refractivity contribution < 1.29 is 9.59 Å². The molecule has 0 fully saturated rings. The third-order valence-corrected chi connectivity index (χ3v) is 3.43. The van der Waals surface area contributed by atoms with Crippen molar-refractivity contribution in [1.29, 1.82) is 0 Å². The lowest BCUT2D eigenvalue weighted by molar-refractivity contribution is 0.0948. The van der Waals surface area contributed by atoms with Crippen LogP contribution in [-0.2, 0) is 0 Å². The van der Waals surface area contributed by atoms with Gasteiger partial charge in [-0.25, -0.2) is 0 Å². The molecule has 1 aromatic rings. The highest BCUT2D eigenvalue weighted by atomic mass is 16.3. The number of hydrogen-bond donors (Lipinski definition) is 2. The fourth-order valence-corrected chi connectivity index (χ4v) is 2.19. The predicted octanol–water partition coefficient (Wildman–Crippen LogP) is 1.52. The Bertz CT molecular complexity index is 448. The molecule has 0 bridgehead atoms. The minimum atomic E-state index is -0.119. The Hall–Kier alpha value is -1.62. The number of aldehydes is 1. The number of carbonyl (C=O) groups excluding carboxylic acids is 2. The molecule has 5 heteroatoms. The molecule has 19 heavy (non-hydrogen) atoms. The maximum absolute atomic E-state index is 12.1. The van der Waals surface area contributed by atoms with E-state index in [1.165, 1.54) is 0 Å². The zero-order valence-corrected chi connectivity index (χ0v) is 12.2. The molecule has 2 N–H and O–H groups in total. The summed E-state index contributed by atoms with van der Waals surface area (Å²) in [5, 5.41) is 2.90. The fourth-order valence-electron chi connectivity index (χ4n) is 2.19. The minimum absolute atomic E-state index is 0.119. The quantitative estimate of drug-likeness (QED) is 0.736. The average Bonchev–Trinajstić information content (AvgIpc) is 2.69. The number of carbonyl (C=O) groups is 2. The average molecular weight is 267 g/mol. The normalized spacial score (nSPS) is 10.8. The third kappa shape index (κ3) is 3.67. The van der Waals surface area contributed by atoms with Gasteiger partial charge in [0.25, 0.3) is 5.91 Å². The van der Waals surface area contributed by atoms with Crippen LogP contribution in [0.3, 0.4) is 0 Å². The summed E-state index contributed by atoms with van der Waals surface area (Å²) in [5.74, 6) is -0.119. The molecule has 0 aliphatic carbocycles. The number of rotatable bonds is 7. The van der Waals surface area contributed by atoms with Gasteiger partial charge >= 0.3 is 0 Å². The van der Waals surface area contributed by atoms with Gasteiger partial charge in [-0.15, -0.1) is 0 Å². The van der Waals surface area contributed by atoms with Gasteiger partial charge in [0.2, 0.25) is 0 Å². The third-order valence-electron chi connectivity index (χ3n) is 3.43. The van der Waals surface area contributed by atoms with Crippen LogP contribution < -0.4 is 5.32 Å². The molecule has 1 amide bonds. The topological polar surface area (TPSA) is 65.2 Å². The molecule has 0 spiro atoms. The SMILES string of the molecule is CCN(CC)CCNC(=O)c1c(C)[nH]c([14CH]=O)c1C. The van der Waals surface area contributed by atoms with Gasteiger partial charge in [0.15, 0.2) is 6.29 Å². The Kier molecular flexibility index (Phi) is 5.76. The number of H-pyrrole nitrogens is 1. The first-order chi connectivity index (χ1) is 9.04. The van der Waals surface area contributed by atoms with Crippen LogP contribution in [0.5, 0.6) is 0 Å². The van der Waals surface area contributed by atoms with Crippen LogP contribution in [0.25, 0.3) is 0 Å². The van der Waals surface area contributed by atoms with E-state index in [2.05, 4.69) is 29.0 Å². The molecule has 0 saturated carbocycles. The number of amides is 1. The van der Waals surface area contributed by atoms with Gasteiger partial charge in [0.05, 0.1) is 11.3 Å². The van der Waals surface area contributed by atoms with E-state index in [-0.39, 0.29) is 5.91 Å². The first kappa shape index (κ1) is 15.4. The summed E-state index contributed by atoms with van der Waals surface area (Å²) in [7, 11) is 0. The molecule has 0 aromatic carbocycles. The Labute approximate surface area is 114 Å². The molecule has 0 saturated heterocycles. The van der Waals surface area contributed by atoms with Gasteiger partial charge in [-0.2, -0.15) is 0 Å². The van der Waals surface area contributed by atoms with Gasteiger partial charge in [0.1, 0.15) is 0 Å². The van der Waals surface area contributed by atoms with E-state index in [9.17, 15) is 9.59 Å². The molecule has 0 atom stereocenters. The van der Waals surface area contributed by atoms with E-state index >= 15 is 0 Å². The van der Waals surface area contributed by atoms with Gasteiger partial charge in [-0.1, -0.05) is 13.8 Å². The lowest BCUT2D eigenvalue weighted by atomic mass is 10.1. The summed E-state index contributed by atoms with van der Waals surface area (Å²) in [6, 6.07) is 0. The Balaban J connectivity index is 2.64. The highest BCUT2D eigenvalue weighted by molar-refractivity contribution is 5.99. The second-order valence-corrected chi connectivity index (χ2v) is 4.56. The van der Waals surface area contributed by atoms with Gasteiger partial charge in [-0.05, 0) is 32.5 Å². The van der Waals surface area contributed by atoms with E-state index in [4.69, 9.17) is 0 Å². The highest BCUT2D eigenvalue weighted by Crippen LogP contribution is 2.16. The Morgan fingerprint density at radius 3 is 2.42 bits per heavy atom. The van der Waals surface area contributed by atoms with Crippen molar-refractivity contribution >= 4 is 12.2 Å². The summed E-state index contributed by atoms with van der Waals surface area (Å²) >= 11 is 0. The van der Waals surface area contributed by atoms with Crippen molar-refractivity contribution in [2.45, 2.75) is 27.7 Å². The smallest absolute Gasteiger partial charge is 0.253 e. The van der Waals surface area contributed by atoms with Crippen LogP contribution in [0.4, 0.5) is 0 Å². The largest absolute Gasteiger partial charge is 0.356 e. The molecule has 1 heterocycles. The van der Waals surface area contributed by atoms with Crippen molar-refractivity contribution in [2.24, 2.45) is 0 Å². The molecule has 5 nitrogen and oxygen atoms in total. The fraction of sp³-hybridized carbons (Fsp3) is 0.571. The number of nitrogens with one attached hydrogen (secondary N) is 2. The number of hydrogen-bond acceptors (Lipinski definition) is 3. The number of aromatic amines is 1. The van der Waals surface area contributed by atoms with E-state index in [1.807, 2.05) is 0 Å². The lowest BCUT2D eigenvalue weighted by Crippen LogP contribution is -2.35. The first-order valence-corrected chi connectivity index (χ1v) is 6.69. The van der Waals surface area contributed by atoms with Crippen molar-refractivity contribution in [1.82, 2.24) is 15.2 Å². The van der Waals surface area contributed by atoms with Crippen molar-refractivity contribution in [3.63, 3.8) is 0 Å². The highest BCUT2D eigenvalue weighted by Gasteiger charge is 2.17. The van der Waals surface area contributed by atoms with Crippen LogP contribution in [0.1, 0.15) is 46.0 Å². The molecule has 1 rings (SSSR count). The molecule has 1 aromatic heterocycles. The van der Waals surface area contributed by atoms with Crippen LogP contribution in [0, 0.1) is 13.8 Å². The Morgan fingerprint density at radius 1 is 1.32 bits per heavy atom. The van der Waals surface area contributed by atoms with Gasteiger partial charge in [0, 0.05) is 18.8 Å². The number of aromatic nitrogens is 1. The second-order valence-electron chi connectivity index (χ2n) is 4.56. The minimum Gasteiger partial charge on any atom is -0.356 e. The summed E-state index contributed by atoms with van der Waals surface area (Å²) in [4.78, 5) is 28.1. The number of likely N-dealkylation sites (N-methyl/N-ethyl adjacent to an activating group) is 1. The van der Waals surface area contributed by atoms with E-state index < -0.39 is 0 Å². The zero-order valence-electron chi connectivity index (χ0n) is 12.2. The van der Waals surface area contributed by atoms with Crippen molar-refractivity contribution in [3.05, 3.63) is 22.5 Å². The maximum Gasteiger partial charge on any atom is 0.253 e. The monoisotopic (exact) mass is 267 g/mol. The van der Waals surface area contributed by atoms with E-state index in [1.54, 1.807) is 13.8 Å². The molecule has 0 aliphatic rings. The van der Waals surface area contributed by atoms with E-state index in [0.29, 0.717) is 23.4 Å². The second kappa shape index (κ2) is 7.09. The number of nitrogens with zero attached hydrogens (tertiary/aromatic N) is 1. The standard InChI is InChI=1S/C14H23N3O2/c1-5-17(6-2)8-7-15-14(19)13-10(3)12(9-18)16-11(13)4/h9,16H,5-8H2,1-4H3,(H,15,19)/i9+2. The van der Waals surface area contributed by atoms with Crippen molar-refractivity contribution in [2.75, 3.05) is 26.2 Å². The predicted molar refractivity (Wildman–Crippen MR) is 75.8 cm³/mol. The van der Waals surface area contributed by atoms with Crippen LogP contribution in [-0.4, -0.2) is 48.3 Å². The molecule has 0 aliphatic heterocycles. The summed E-state index contributed by atoms with van der Waals surface area (Å²) in [5.41, 5.74) is 2.51. The van der Waals surface area contributed by atoms with Crippen LogP contribution in [0.2, 0.25) is 0 Å². The lowest BCUT2D eigenvalue weighted by Gasteiger charge is -2.18. The molecular weight excluding hydrogens is 244 g/mol. The maximum atomic E-state index is 12.1. The van der Waals surface area contributed by atoms with Crippen LogP contribution >= 0.6 is 0 Å².